The van der Waals surface area contributed by atoms with Crippen LogP contribution in [0.5, 0.6) is 0 Å². The second-order valence-electron chi connectivity index (χ2n) is 4.21. The summed E-state index contributed by atoms with van der Waals surface area (Å²) >= 11 is 5.71. The van der Waals surface area contributed by atoms with Gasteiger partial charge in [-0.2, -0.15) is 0 Å². The maximum Gasteiger partial charge on any atom is 0.328 e. The lowest BCUT2D eigenvalue weighted by Gasteiger charge is -2.19. The first-order valence-electron chi connectivity index (χ1n) is 5.56. The number of hydrogen-bond acceptors (Lipinski definition) is 4. The molecule has 0 aliphatic carbocycles. The molecule has 1 N–H and O–H groups in total. The summed E-state index contributed by atoms with van der Waals surface area (Å²) in [4.78, 5) is 27.0. The molecule has 0 spiro atoms. The lowest BCUT2D eigenvalue weighted by atomic mass is 10.0. The Morgan fingerprint density at radius 2 is 2.11 bits per heavy atom. The zero-order valence-electron chi connectivity index (χ0n) is 10.7. The number of esters is 1. The summed E-state index contributed by atoms with van der Waals surface area (Å²) in [5, 5.41) is 2.31. The maximum absolute atomic E-state index is 13.0. The molecule has 1 amide bonds. The first-order chi connectivity index (χ1) is 8.86. The quantitative estimate of drug-likeness (QED) is 0.677. The van der Waals surface area contributed by atoms with E-state index in [1.54, 1.807) is 13.8 Å². The van der Waals surface area contributed by atoms with Crippen LogP contribution in [0.3, 0.4) is 0 Å². The Bertz CT molecular complexity index is 494. The average molecular weight is 289 g/mol. The minimum atomic E-state index is -0.836. The molecule has 19 heavy (non-hydrogen) atoms. The SMILES string of the molecule is COC(=O)C(NC(=O)c1cc(F)cnc1Cl)C(C)C. The number of hydrogen-bond donors (Lipinski definition) is 1. The summed E-state index contributed by atoms with van der Waals surface area (Å²) < 4.78 is 17.6. The minimum absolute atomic E-state index is 0.129. The average Bonchev–Trinajstić information content (AvgIpc) is 2.37. The van der Waals surface area contributed by atoms with Crippen LogP contribution in [0.15, 0.2) is 12.3 Å². The van der Waals surface area contributed by atoms with Gasteiger partial charge in [0.1, 0.15) is 17.0 Å². The normalized spacial score (nSPS) is 12.1. The second-order valence-corrected chi connectivity index (χ2v) is 4.57. The summed E-state index contributed by atoms with van der Waals surface area (Å²) in [6.45, 7) is 3.49. The predicted molar refractivity (Wildman–Crippen MR) is 67.3 cm³/mol. The molecule has 5 nitrogen and oxygen atoms in total. The zero-order valence-corrected chi connectivity index (χ0v) is 11.5. The second kappa shape index (κ2) is 6.47. The Kier molecular flexibility index (Phi) is 5.23. The number of carbonyl (C=O) groups excluding carboxylic acids is 2. The highest BCUT2D eigenvalue weighted by atomic mass is 35.5. The van der Waals surface area contributed by atoms with Gasteiger partial charge in [-0.3, -0.25) is 4.79 Å². The third-order valence-electron chi connectivity index (χ3n) is 2.46. The van der Waals surface area contributed by atoms with Crippen LogP contribution >= 0.6 is 11.6 Å². The van der Waals surface area contributed by atoms with Crippen molar-refractivity contribution in [2.45, 2.75) is 19.9 Å². The third-order valence-corrected chi connectivity index (χ3v) is 2.76. The Morgan fingerprint density at radius 1 is 1.47 bits per heavy atom. The van der Waals surface area contributed by atoms with Crippen molar-refractivity contribution < 1.29 is 18.7 Å². The van der Waals surface area contributed by atoms with E-state index in [0.717, 1.165) is 12.3 Å². The molecule has 104 valence electrons. The number of nitrogens with one attached hydrogen (secondary N) is 1. The summed E-state index contributed by atoms with van der Waals surface area (Å²) in [7, 11) is 1.22. The highest BCUT2D eigenvalue weighted by Crippen LogP contribution is 2.14. The molecule has 0 saturated carbocycles. The molecule has 7 heteroatoms. The van der Waals surface area contributed by atoms with Gasteiger partial charge in [0.15, 0.2) is 0 Å². The van der Waals surface area contributed by atoms with Crippen molar-refractivity contribution >= 4 is 23.5 Å². The van der Waals surface area contributed by atoms with Crippen LogP contribution in [0.25, 0.3) is 0 Å². The van der Waals surface area contributed by atoms with Gasteiger partial charge in [0, 0.05) is 0 Å². The molecule has 1 atom stereocenters. The highest BCUT2D eigenvalue weighted by Gasteiger charge is 2.26. The van der Waals surface area contributed by atoms with Crippen molar-refractivity contribution in [2.75, 3.05) is 7.11 Å². The Labute approximate surface area is 115 Å². The summed E-state index contributed by atoms with van der Waals surface area (Å²) in [5.74, 6) is -2.13. The minimum Gasteiger partial charge on any atom is -0.467 e. The molecule has 0 fully saturated rings. The van der Waals surface area contributed by atoms with E-state index in [2.05, 4.69) is 15.0 Å². The van der Waals surface area contributed by atoms with E-state index in [1.807, 2.05) is 0 Å². The van der Waals surface area contributed by atoms with Crippen LogP contribution in [-0.4, -0.2) is 30.0 Å². The number of rotatable bonds is 4. The first-order valence-corrected chi connectivity index (χ1v) is 5.94. The number of halogens is 2. The van der Waals surface area contributed by atoms with Crippen LogP contribution in [-0.2, 0) is 9.53 Å². The monoisotopic (exact) mass is 288 g/mol. The topological polar surface area (TPSA) is 68.3 Å². The first kappa shape index (κ1) is 15.4. The molecule has 1 heterocycles. The molecule has 0 aliphatic rings. The van der Waals surface area contributed by atoms with Crippen LogP contribution in [0, 0.1) is 11.7 Å². The number of ether oxygens (including phenoxy) is 1. The largest absolute Gasteiger partial charge is 0.467 e. The fraction of sp³-hybridized carbons (Fsp3) is 0.417. The number of carbonyl (C=O) groups is 2. The molecule has 1 rings (SSSR count). The molecule has 1 aromatic rings. The molecule has 1 aromatic heterocycles. The van der Waals surface area contributed by atoms with Crippen molar-refractivity contribution in [2.24, 2.45) is 5.92 Å². The van der Waals surface area contributed by atoms with Gasteiger partial charge in [0.2, 0.25) is 0 Å². The molecule has 1 unspecified atom stereocenters. The number of methoxy groups -OCH3 is 1. The number of pyridine rings is 1. The van der Waals surface area contributed by atoms with Crippen molar-refractivity contribution in [3.8, 4) is 0 Å². The number of aromatic nitrogens is 1. The van der Waals surface area contributed by atoms with Crippen molar-refractivity contribution in [1.82, 2.24) is 10.3 Å². The molecule has 0 bridgehead atoms. The number of nitrogens with zero attached hydrogens (tertiary/aromatic N) is 1. The summed E-state index contributed by atoms with van der Waals surface area (Å²) in [6.07, 6.45) is 0.902. The van der Waals surface area contributed by atoms with Crippen LogP contribution in [0.2, 0.25) is 5.15 Å². The molecule has 0 aromatic carbocycles. The van der Waals surface area contributed by atoms with E-state index >= 15 is 0 Å². The maximum atomic E-state index is 13.0. The van der Waals surface area contributed by atoms with Crippen molar-refractivity contribution in [1.29, 1.82) is 0 Å². The Balaban J connectivity index is 2.94. The lowest BCUT2D eigenvalue weighted by Crippen LogP contribution is -2.45. The van der Waals surface area contributed by atoms with E-state index in [0.29, 0.717) is 0 Å². The molecule has 0 radical (unpaired) electrons. The fourth-order valence-corrected chi connectivity index (χ4v) is 1.61. The van der Waals surface area contributed by atoms with Crippen LogP contribution in [0.4, 0.5) is 4.39 Å². The standard InChI is InChI=1S/C12H14ClFN2O3/c1-6(2)9(12(18)19-3)16-11(17)8-4-7(14)5-15-10(8)13/h4-6,9H,1-3H3,(H,16,17). The fourth-order valence-electron chi connectivity index (χ4n) is 1.43. The molecule has 0 aliphatic heterocycles. The smallest absolute Gasteiger partial charge is 0.328 e. The Morgan fingerprint density at radius 3 is 2.63 bits per heavy atom. The summed E-state index contributed by atoms with van der Waals surface area (Å²) in [5.41, 5.74) is -0.129. The predicted octanol–water partition coefficient (Wildman–Crippen LogP) is 1.80. The zero-order chi connectivity index (χ0) is 14.6. The van der Waals surface area contributed by atoms with Gasteiger partial charge in [0.05, 0.1) is 18.9 Å². The van der Waals surface area contributed by atoms with Gasteiger partial charge >= 0.3 is 5.97 Å². The van der Waals surface area contributed by atoms with E-state index in [4.69, 9.17) is 11.6 Å². The van der Waals surface area contributed by atoms with Crippen molar-refractivity contribution in [3.05, 3.63) is 28.8 Å². The van der Waals surface area contributed by atoms with Gasteiger partial charge in [-0.1, -0.05) is 25.4 Å². The van der Waals surface area contributed by atoms with Gasteiger partial charge < -0.3 is 10.1 Å². The number of amides is 1. The van der Waals surface area contributed by atoms with E-state index in [-0.39, 0.29) is 16.6 Å². The van der Waals surface area contributed by atoms with E-state index < -0.39 is 23.7 Å². The molecule has 0 saturated heterocycles. The highest BCUT2D eigenvalue weighted by molar-refractivity contribution is 6.32. The Hall–Kier alpha value is -1.69. The van der Waals surface area contributed by atoms with Crippen LogP contribution < -0.4 is 5.32 Å². The van der Waals surface area contributed by atoms with Crippen molar-refractivity contribution in [3.63, 3.8) is 0 Å². The summed E-state index contributed by atoms with van der Waals surface area (Å²) in [6, 6.07) is 0.121. The molecular formula is C12H14ClFN2O3. The van der Waals surface area contributed by atoms with Gasteiger partial charge in [0.25, 0.3) is 5.91 Å². The van der Waals surface area contributed by atoms with E-state index in [1.165, 1.54) is 7.11 Å². The van der Waals surface area contributed by atoms with Gasteiger partial charge in [-0.05, 0) is 12.0 Å². The van der Waals surface area contributed by atoms with Gasteiger partial charge in [-0.25, -0.2) is 14.2 Å². The third kappa shape index (κ3) is 3.89. The van der Waals surface area contributed by atoms with E-state index in [9.17, 15) is 14.0 Å². The lowest BCUT2D eigenvalue weighted by molar-refractivity contribution is -0.144. The molecular weight excluding hydrogens is 275 g/mol. The van der Waals surface area contributed by atoms with Crippen LogP contribution in [0.1, 0.15) is 24.2 Å². The van der Waals surface area contributed by atoms with Gasteiger partial charge in [-0.15, -0.1) is 0 Å².